The molecule has 0 N–H and O–H groups in total. The van der Waals surface area contributed by atoms with E-state index in [-0.39, 0.29) is 5.41 Å². The molecule has 43 heavy (non-hydrogen) atoms. The molecule has 0 unspecified atom stereocenters. The first-order valence-corrected chi connectivity index (χ1v) is 15.0. The van der Waals surface area contributed by atoms with Crippen LogP contribution in [0.2, 0.25) is 0 Å². The molecular formula is C40H36N2O. The molecule has 1 aromatic heterocycles. The molecule has 0 amide bonds. The van der Waals surface area contributed by atoms with Crippen molar-refractivity contribution in [2.75, 3.05) is 12.0 Å². The van der Waals surface area contributed by atoms with Gasteiger partial charge in [0, 0.05) is 33.3 Å². The highest BCUT2D eigenvalue weighted by Crippen LogP contribution is 2.48. The molecule has 1 aliphatic rings. The van der Waals surface area contributed by atoms with Gasteiger partial charge in [0.15, 0.2) is 0 Å². The second kappa shape index (κ2) is 10.7. The van der Waals surface area contributed by atoms with Crippen molar-refractivity contribution >= 4 is 33.2 Å². The summed E-state index contributed by atoms with van der Waals surface area (Å²) in [5, 5.41) is 2.54. The summed E-state index contributed by atoms with van der Waals surface area (Å²) >= 11 is 0. The minimum absolute atomic E-state index is 0.0832. The van der Waals surface area contributed by atoms with E-state index in [0.717, 1.165) is 29.2 Å². The van der Waals surface area contributed by atoms with Gasteiger partial charge in [-0.2, -0.15) is 0 Å². The number of nitrogens with zero attached hydrogens (tertiary/aromatic N) is 2. The van der Waals surface area contributed by atoms with Gasteiger partial charge in [-0.15, -0.1) is 0 Å². The zero-order chi connectivity index (χ0) is 29.6. The van der Waals surface area contributed by atoms with Gasteiger partial charge in [-0.3, -0.25) is 0 Å². The van der Waals surface area contributed by atoms with E-state index in [4.69, 9.17) is 4.74 Å². The van der Waals surface area contributed by atoms with Crippen molar-refractivity contribution in [2.45, 2.75) is 32.6 Å². The number of ether oxygens (including phenoxy) is 1. The van der Waals surface area contributed by atoms with Gasteiger partial charge in [0.2, 0.25) is 0 Å². The molecule has 1 aliphatic heterocycles. The molecule has 0 fully saturated rings. The van der Waals surface area contributed by atoms with E-state index in [1.807, 2.05) is 12.1 Å². The highest BCUT2D eigenvalue weighted by atomic mass is 16.5. The Hall–Kier alpha value is -5.02. The quantitative estimate of drug-likeness (QED) is 0.181. The maximum atomic E-state index is 5.49. The highest BCUT2D eigenvalue weighted by molar-refractivity contribution is 6.12. The Kier molecular flexibility index (Phi) is 6.66. The van der Waals surface area contributed by atoms with Crippen LogP contribution in [0.25, 0.3) is 27.5 Å². The Morgan fingerprint density at radius 1 is 0.767 bits per heavy atom. The summed E-state index contributed by atoms with van der Waals surface area (Å²) in [6.07, 6.45) is 7.54. The van der Waals surface area contributed by atoms with Crippen LogP contribution < -0.4 is 9.64 Å². The molecule has 0 atom stereocenters. The Balaban J connectivity index is 1.41. The average molecular weight is 561 g/mol. The number of aromatic nitrogens is 1. The van der Waals surface area contributed by atoms with Gasteiger partial charge in [0.1, 0.15) is 5.75 Å². The predicted octanol–water partition coefficient (Wildman–Crippen LogP) is 10.3. The van der Waals surface area contributed by atoms with Crippen LogP contribution in [0.15, 0.2) is 139 Å². The molecule has 5 aromatic carbocycles. The fraction of sp³-hybridized carbons (Fsp3) is 0.150. The zero-order valence-electron chi connectivity index (χ0n) is 25.2. The van der Waals surface area contributed by atoms with Crippen LogP contribution in [0.3, 0.4) is 0 Å². The van der Waals surface area contributed by atoms with Gasteiger partial charge >= 0.3 is 0 Å². The molecule has 0 radical (unpaired) electrons. The van der Waals surface area contributed by atoms with Crippen molar-refractivity contribution in [3.05, 3.63) is 156 Å². The lowest BCUT2D eigenvalue weighted by Crippen LogP contribution is -2.26. The van der Waals surface area contributed by atoms with E-state index >= 15 is 0 Å². The summed E-state index contributed by atoms with van der Waals surface area (Å²) in [5.41, 5.74) is 11.1. The normalized spacial score (nSPS) is 13.9. The first-order chi connectivity index (χ1) is 21.0. The number of fused-ring (bicyclic) bond motifs is 5. The lowest BCUT2D eigenvalue weighted by molar-refractivity contribution is 0.415. The first kappa shape index (κ1) is 26.9. The minimum Gasteiger partial charge on any atom is -0.497 e. The van der Waals surface area contributed by atoms with Gasteiger partial charge in [-0.1, -0.05) is 92.7 Å². The molecular weight excluding hydrogens is 524 g/mol. The number of methoxy groups -OCH3 is 1. The Morgan fingerprint density at radius 2 is 1.49 bits per heavy atom. The predicted molar refractivity (Wildman–Crippen MR) is 181 cm³/mol. The molecule has 0 aliphatic carbocycles. The van der Waals surface area contributed by atoms with Crippen LogP contribution in [0.5, 0.6) is 5.75 Å². The third kappa shape index (κ3) is 4.44. The fourth-order valence-electron chi connectivity index (χ4n) is 6.70. The van der Waals surface area contributed by atoms with Crippen molar-refractivity contribution in [2.24, 2.45) is 0 Å². The van der Waals surface area contributed by atoms with E-state index in [9.17, 15) is 0 Å². The van der Waals surface area contributed by atoms with E-state index in [2.05, 4.69) is 152 Å². The lowest BCUT2D eigenvalue weighted by Gasteiger charge is -2.34. The van der Waals surface area contributed by atoms with Crippen LogP contribution in [0.1, 0.15) is 37.5 Å². The maximum Gasteiger partial charge on any atom is 0.119 e. The second-order valence-electron chi connectivity index (χ2n) is 11.7. The Morgan fingerprint density at radius 3 is 2.26 bits per heavy atom. The van der Waals surface area contributed by atoms with Crippen LogP contribution in [-0.4, -0.2) is 11.7 Å². The van der Waals surface area contributed by atoms with Crippen molar-refractivity contribution in [1.82, 2.24) is 4.57 Å². The number of allylic oxidation sites excluding steroid dienone is 3. The number of hydrogen-bond donors (Lipinski definition) is 0. The van der Waals surface area contributed by atoms with Crippen LogP contribution in [-0.2, 0) is 11.8 Å². The molecule has 0 saturated carbocycles. The number of rotatable bonds is 7. The highest BCUT2D eigenvalue weighted by Gasteiger charge is 2.34. The number of hydrogen-bond acceptors (Lipinski definition) is 2. The summed E-state index contributed by atoms with van der Waals surface area (Å²) in [7, 11) is 1.71. The summed E-state index contributed by atoms with van der Waals surface area (Å²) < 4.78 is 7.96. The number of para-hydroxylation sites is 2. The minimum atomic E-state index is -0.0832. The molecule has 212 valence electrons. The van der Waals surface area contributed by atoms with Crippen molar-refractivity contribution in [3.8, 4) is 11.4 Å². The monoisotopic (exact) mass is 560 g/mol. The van der Waals surface area contributed by atoms with Gasteiger partial charge in [0.05, 0.1) is 23.8 Å². The smallest absolute Gasteiger partial charge is 0.119 e. The largest absolute Gasteiger partial charge is 0.497 e. The summed E-state index contributed by atoms with van der Waals surface area (Å²) in [6, 6.07) is 41.5. The summed E-state index contributed by atoms with van der Waals surface area (Å²) in [4.78, 5) is 2.34. The summed E-state index contributed by atoms with van der Waals surface area (Å²) in [6.45, 7) is 6.80. The van der Waals surface area contributed by atoms with Crippen molar-refractivity contribution in [3.63, 3.8) is 0 Å². The van der Waals surface area contributed by atoms with E-state index < -0.39 is 0 Å². The SMILES string of the molecule is C/C=C(\C=C/Cc1ccccc1)N(c1ccc(OC)cc1)c1ccc2c(c1)c1cccc3c1n2-c1ccccc1C3(C)C. The molecule has 3 heteroatoms. The van der Waals surface area contributed by atoms with Gasteiger partial charge < -0.3 is 14.2 Å². The van der Waals surface area contributed by atoms with Crippen LogP contribution >= 0.6 is 0 Å². The Labute approximate surface area is 254 Å². The molecule has 2 heterocycles. The van der Waals surface area contributed by atoms with Gasteiger partial charge in [-0.25, -0.2) is 0 Å². The van der Waals surface area contributed by atoms with Crippen LogP contribution in [0.4, 0.5) is 11.4 Å². The van der Waals surface area contributed by atoms with Crippen LogP contribution in [0, 0.1) is 0 Å². The van der Waals surface area contributed by atoms with E-state index in [0.29, 0.717) is 0 Å². The lowest BCUT2D eigenvalue weighted by atomic mass is 9.75. The molecule has 0 saturated heterocycles. The first-order valence-electron chi connectivity index (χ1n) is 15.0. The van der Waals surface area contributed by atoms with Gasteiger partial charge in [0.25, 0.3) is 0 Å². The fourth-order valence-corrected chi connectivity index (χ4v) is 6.70. The molecule has 3 nitrogen and oxygen atoms in total. The standard InChI is InChI=1S/C40H36N2O/c1-5-29(16-11-15-28-13-7-6-8-14-28)41(30-21-24-32(43-4)25-22-30)31-23-26-37-34(27-31)33-17-12-19-36-39(33)42(37)38-20-10-9-18-35(38)40(36,2)3/h5-14,16-27H,15H2,1-4H3/b16-11-,29-5+. The van der Waals surface area contributed by atoms with E-state index in [1.165, 1.54) is 44.2 Å². The summed E-state index contributed by atoms with van der Waals surface area (Å²) in [5.74, 6) is 0.844. The number of anilines is 2. The van der Waals surface area contributed by atoms with E-state index in [1.54, 1.807) is 7.11 Å². The topological polar surface area (TPSA) is 17.4 Å². The van der Waals surface area contributed by atoms with Crippen molar-refractivity contribution < 1.29 is 4.74 Å². The molecule has 0 bridgehead atoms. The third-order valence-electron chi connectivity index (χ3n) is 8.89. The second-order valence-corrected chi connectivity index (χ2v) is 11.7. The van der Waals surface area contributed by atoms with Crippen molar-refractivity contribution in [1.29, 1.82) is 0 Å². The molecule has 7 rings (SSSR count). The number of benzene rings is 5. The molecule has 6 aromatic rings. The third-order valence-corrected chi connectivity index (χ3v) is 8.89. The zero-order valence-corrected chi connectivity index (χ0v) is 25.2. The van der Waals surface area contributed by atoms with Gasteiger partial charge in [-0.05, 0) is 84.6 Å². The molecule has 0 spiro atoms. The maximum absolute atomic E-state index is 5.49. The Bertz CT molecular complexity index is 2010. The average Bonchev–Trinajstić information content (AvgIpc) is 3.38.